The van der Waals surface area contributed by atoms with E-state index >= 15 is 0 Å². The molecule has 59 heavy (non-hydrogen) atoms. The van der Waals surface area contributed by atoms with E-state index < -0.39 is 0 Å². The van der Waals surface area contributed by atoms with Gasteiger partial charge in [0.25, 0.3) is 0 Å². The lowest BCUT2D eigenvalue weighted by atomic mass is 10.00. The zero-order valence-corrected chi connectivity index (χ0v) is 32.1. The summed E-state index contributed by atoms with van der Waals surface area (Å²) in [5.41, 5.74) is 15.5. The first-order chi connectivity index (χ1) is 29.3. The smallest absolute Gasteiger partial charge is 0.0788 e. The fraction of sp³-hybridized carbons (Fsp3) is 0. The lowest BCUT2D eigenvalue weighted by Crippen LogP contribution is -1.99. The van der Waals surface area contributed by atoms with Crippen molar-refractivity contribution in [1.82, 2.24) is 18.7 Å². The van der Waals surface area contributed by atoms with Crippen LogP contribution >= 0.6 is 0 Å². The molecule has 0 atom stereocenters. The Morgan fingerprint density at radius 1 is 0.305 bits per heavy atom. The maximum atomic E-state index is 5.34. The van der Waals surface area contributed by atoms with Gasteiger partial charge in [-0.1, -0.05) is 140 Å². The third-order valence-corrected chi connectivity index (χ3v) is 11.8. The number of benzene rings is 8. The monoisotopic (exact) mass is 752 g/mol. The number of nitrogens with zero attached hydrogens (tertiary/aromatic N) is 4. The largest absolute Gasteiger partial charge is 0.317 e. The molecule has 0 bridgehead atoms. The van der Waals surface area contributed by atoms with Crippen LogP contribution in [0.1, 0.15) is 0 Å². The minimum atomic E-state index is 0.929. The fourth-order valence-corrected chi connectivity index (χ4v) is 9.14. The van der Waals surface area contributed by atoms with Gasteiger partial charge in [0.15, 0.2) is 0 Å². The Labute approximate surface area is 341 Å². The Hall–Kier alpha value is -7.95. The van der Waals surface area contributed by atoms with Crippen LogP contribution in [0.3, 0.4) is 0 Å². The molecule has 0 unspecified atom stereocenters. The molecule has 0 fully saturated rings. The predicted molar refractivity (Wildman–Crippen MR) is 246 cm³/mol. The van der Waals surface area contributed by atoms with Crippen LogP contribution in [0.2, 0.25) is 0 Å². The molecule has 0 aliphatic heterocycles. The molecule has 0 radical (unpaired) electrons. The number of hydrogen-bond donors (Lipinski definition) is 0. The summed E-state index contributed by atoms with van der Waals surface area (Å²) in [6.45, 7) is 0. The second-order valence-electron chi connectivity index (χ2n) is 15.2. The Bertz CT molecular complexity index is 3460. The van der Waals surface area contributed by atoms with Crippen molar-refractivity contribution in [2.24, 2.45) is 0 Å². The molecule has 0 spiro atoms. The Balaban J connectivity index is 1.18. The Morgan fingerprint density at radius 2 is 0.864 bits per heavy atom. The molecule has 4 nitrogen and oxygen atoms in total. The predicted octanol–water partition coefficient (Wildman–Crippen LogP) is 14.2. The van der Waals surface area contributed by atoms with Gasteiger partial charge < -0.3 is 13.7 Å². The van der Waals surface area contributed by atoms with Crippen LogP contribution in [0.15, 0.2) is 219 Å². The molecule has 12 aromatic rings. The first-order valence-corrected chi connectivity index (χ1v) is 20.1. The van der Waals surface area contributed by atoms with E-state index in [9.17, 15) is 0 Å². The first-order valence-electron chi connectivity index (χ1n) is 20.1. The molecule has 0 amide bonds. The topological polar surface area (TPSA) is 27.7 Å². The third-order valence-electron chi connectivity index (χ3n) is 11.8. The number of aromatic nitrogens is 4. The molecule has 4 aromatic heterocycles. The summed E-state index contributed by atoms with van der Waals surface area (Å²) < 4.78 is 7.24. The average molecular weight is 753 g/mol. The van der Waals surface area contributed by atoms with Crippen molar-refractivity contribution in [3.05, 3.63) is 219 Å². The lowest BCUT2D eigenvalue weighted by molar-refractivity contribution is 1.13. The van der Waals surface area contributed by atoms with Crippen LogP contribution in [0.5, 0.6) is 0 Å². The normalized spacial score (nSPS) is 11.7. The van der Waals surface area contributed by atoms with Crippen molar-refractivity contribution in [2.45, 2.75) is 0 Å². The third kappa shape index (κ3) is 5.34. The standard InChI is InChI=1S/C55H36N4/c1-5-16-37(17-6-1)41-33-49(38-18-7-2-8-19-38)56-50(34-41)39-20-15-25-44(32-39)59-53-35-40-30-31-57(42-21-9-3-10-22-42)52(40)36-48(53)47-29-28-46-45-26-13-14-27-51(45)58(54(46)55(47)59)43-23-11-4-12-24-43/h1-36H. The first kappa shape index (κ1) is 33.2. The number of hydrogen-bond acceptors (Lipinski definition) is 1. The highest BCUT2D eigenvalue weighted by Gasteiger charge is 2.23. The number of fused-ring (bicyclic) bond motifs is 8. The maximum Gasteiger partial charge on any atom is 0.0788 e. The molecule has 0 N–H and O–H groups in total. The van der Waals surface area contributed by atoms with Crippen LogP contribution in [-0.2, 0) is 0 Å². The van der Waals surface area contributed by atoms with E-state index in [0.29, 0.717) is 0 Å². The second kappa shape index (κ2) is 13.3. The summed E-state index contributed by atoms with van der Waals surface area (Å²) in [6, 6.07) is 76.3. The van der Waals surface area contributed by atoms with Gasteiger partial charge in [-0.2, -0.15) is 0 Å². The number of rotatable bonds is 6. The van der Waals surface area contributed by atoms with Gasteiger partial charge in [0, 0.05) is 61.3 Å². The van der Waals surface area contributed by atoms with Gasteiger partial charge in [-0.3, -0.25) is 0 Å². The summed E-state index contributed by atoms with van der Waals surface area (Å²) in [5, 5.41) is 6.05. The highest BCUT2D eigenvalue weighted by atomic mass is 15.0. The van der Waals surface area contributed by atoms with Crippen molar-refractivity contribution in [1.29, 1.82) is 0 Å². The SMILES string of the molecule is c1ccc(-c2cc(-c3ccccc3)nc(-c3cccc(-n4c5cc6ccn(-c7ccccc7)c6cc5c5ccc6c7ccccc7n(-c7ccccc7)c6c54)c3)c2)cc1. The van der Waals surface area contributed by atoms with Crippen LogP contribution in [0, 0.1) is 0 Å². The molecule has 0 aliphatic rings. The number of pyridine rings is 1. The minimum Gasteiger partial charge on any atom is -0.317 e. The van der Waals surface area contributed by atoms with E-state index in [2.05, 4.69) is 232 Å². The van der Waals surface area contributed by atoms with Crippen molar-refractivity contribution in [2.75, 3.05) is 0 Å². The van der Waals surface area contributed by atoms with Crippen LogP contribution in [-0.4, -0.2) is 18.7 Å². The summed E-state index contributed by atoms with van der Waals surface area (Å²) >= 11 is 0. The second-order valence-corrected chi connectivity index (χ2v) is 15.2. The van der Waals surface area contributed by atoms with Crippen LogP contribution in [0.4, 0.5) is 0 Å². The maximum absolute atomic E-state index is 5.34. The lowest BCUT2D eigenvalue weighted by Gasteiger charge is -2.14. The van der Waals surface area contributed by atoms with Gasteiger partial charge in [0.1, 0.15) is 0 Å². The molecule has 8 aromatic carbocycles. The molecule has 0 saturated heterocycles. The fourth-order valence-electron chi connectivity index (χ4n) is 9.14. The molecular formula is C55H36N4. The van der Waals surface area contributed by atoms with Gasteiger partial charge in [0.05, 0.1) is 39.0 Å². The van der Waals surface area contributed by atoms with E-state index in [1.54, 1.807) is 0 Å². The quantitative estimate of drug-likeness (QED) is 0.166. The zero-order chi connectivity index (χ0) is 38.9. The highest BCUT2D eigenvalue weighted by Crippen LogP contribution is 2.43. The zero-order valence-electron chi connectivity index (χ0n) is 32.1. The highest BCUT2D eigenvalue weighted by molar-refractivity contribution is 6.25. The van der Waals surface area contributed by atoms with Gasteiger partial charge in [-0.05, 0) is 83.9 Å². The van der Waals surface area contributed by atoms with Crippen LogP contribution in [0.25, 0.3) is 105 Å². The van der Waals surface area contributed by atoms with Gasteiger partial charge >= 0.3 is 0 Å². The molecule has 4 heterocycles. The number of para-hydroxylation sites is 3. The van der Waals surface area contributed by atoms with Crippen molar-refractivity contribution in [3.63, 3.8) is 0 Å². The van der Waals surface area contributed by atoms with E-state index in [4.69, 9.17) is 4.98 Å². The van der Waals surface area contributed by atoms with Crippen LogP contribution < -0.4 is 0 Å². The van der Waals surface area contributed by atoms with E-state index in [-0.39, 0.29) is 0 Å². The van der Waals surface area contributed by atoms with Gasteiger partial charge in [-0.15, -0.1) is 0 Å². The van der Waals surface area contributed by atoms with Crippen molar-refractivity contribution >= 4 is 54.5 Å². The minimum absolute atomic E-state index is 0.929. The Morgan fingerprint density at radius 3 is 1.59 bits per heavy atom. The van der Waals surface area contributed by atoms with Crippen molar-refractivity contribution in [3.8, 4) is 50.7 Å². The van der Waals surface area contributed by atoms with Gasteiger partial charge in [0.2, 0.25) is 0 Å². The van der Waals surface area contributed by atoms with E-state index in [0.717, 1.165) is 56.2 Å². The van der Waals surface area contributed by atoms with E-state index in [1.165, 1.54) is 49.0 Å². The molecule has 12 rings (SSSR count). The Kier molecular flexibility index (Phi) is 7.50. The van der Waals surface area contributed by atoms with Gasteiger partial charge in [-0.25, -0.2) is 4.98 Å². The molecule has 0 saturated carbocycles. The molecule has 4 heteroatoms. The summed E-state index contributed by atoms with van der Waals surface area (Å²) in [6.07, 6.45) is 2.19. The summed E-state index contributed by atoms with van der Waals surface area (Å²) in [4.78, 5) is 5.34. The van der Waals surface area contributed by atoms with Crippen molar-refractivity contribution < 1.29 is 0 Å². The molecule has 0 aliphatic carbocycles. The summed E-state index contributed by atoms with van der Waals surface area (Å²) in [7, 11) is 0. The summed E-state index contributed by atoms with van der Waals surface area (Å²) in [5.74, 6) is 0. The van der Waals surface area contributed by atoms with E-state index in [1.807, 2.05) is 0 Å². The molecule has 276 valence electrons. The average Bonchev–Trinajstić information content (AvgIpc) is 3.99. The molecular weight excluding hydrogens is 717 g/mol.